The van der Waals surface area contributed by atoms with Gasteiger partial charge in [-0.25, -0.2) is 4.79 Å². The Kier molecular flexibility index (Phi) is 9.30. The Labute approximate surface area is 191 Å². The molecule has 0 saturated carbocycles. The van der Waals surface area contributed by atoms with Gasteiger partial charge in [0.15, 0.2) is 0 Å². The Balaban J connectivity index is 1.53. The topological polar surface area (TPSA) is 48.4 Å². The van der Waals surface area contributed by atoms with Gasteiger partial charge in [0.1, 0.15) is 11.5 Å². The van der Waals surface area contributed by atoms with Crippen molar-refractivity contribution in [1.29, 1.82) is 0 Å². The van der Waals surface area contributed by atoms with Crippen LogP contribution in [0.25, 0.3) is 11.3 Å². The molecule has 1 aromatic heterocycles. The van der Waals surface area contributed by atoms with Gasteiger partial charge in [0.05, 0.1) is 17.9 Å². The number of benzene rings is 2. The van der Waals surface area contributed by atoms with Crippen molar-refractivity contribution in [2.45, 2.75) is 58.8 Å². The number of carbonyl (C=O) groups excluding carboxylic acids is 1. The number of hydrogen-bond acceptors (Lipinski definition) is 4. The average Bonchev–Trinajstić information content (AvgIpc) is 2.83. The minimum absolute atomic E-state index is 0.382. The molecule has 4 nitrogen and oxygen atoms in total. The first-order valence-corrected chi connectivity index (χ1v) is 11.7. The van der Waals surface area contributed by atoms with E-state index in [9.17, 15) is 4.79 Å². The maximum Gasteiger partial charge on any atom is 0.343 e. The fourth-order valence-electron chi connectivity index (χ4n) is 3.41. The predicted molar refractivity (Wildman–Crippen MR) is 129 cm³/mol. The van der Waals surface area contributed by atoms with Crippen LogP contribution >= 0.6 is 0 Å². The molecule has 2 aromatic carbocycles. The van der Waals surface area contributed by atoms with Crippen molar-refractivity contribution < 1.29 is 14.3 Å². The summed E-state index contributed by atoms with van der Waals surface area (Å²) in [5.41, 5.74) is 3.65. The van der Waals surface area contributed by atoms with Gasteiger partial charge in [-0.05, 0) is 67.3 Å². The van der Waals surface area contributed by atoms with Crippen molar-refractivity contribution in [1.82, 2.24) is 4.98 Å². The molecule has 0 unspecified atom stereocenters. The molecule has 0 saturated heterocycles. The molecule has 32 heavy (non-hydrogen) atoms. The van der Waals surface area contributed by atoms with Crippen molar-refractivity contribution in [2.24, 2.45) is 0 Å². The second-order valence-electron chi connectivity index (χ2n) is 8.00. The molecule has 0 atom stereocenters. The van der Waals surface area contributed by atoms with Gasteiger partial charge in [0.2, 0.25) is 0 Å². The molecule has 0 N–H and O–H groups in total. The summed E-state index contributed by atoms with van der Waals surface area (Å²) in [6, 6.07) is 18.7. The summed E-state index contributed by atoms with van der Waals surface area (Å²) in [6.45, 7) is 5.08. The van der Waals surface area contributed by atoms with Crippen molar-refractivity contribution >= 4 is 5.97 Å². The number of aromatic nitrogens is 1. The van der Waals surface area contributed by atoms with E-state index in [0.29, 0.717) is 17.9 Å². The van der Waals surface area contributed by atoms with E-state index in [4.69, 9.17) is 9.47 Å². The van der Waals surface area contributed by atoms with Crippen molar-refractivity contribution in [3.63, 3.8) is 0 Å². The number of esters is 1. The standard InChI is InChI=1S/C28H33NO3/c1-3-5-7-9-22-10-19-27(29-21-22)23-11-13-24(14-12-23)28(30)32-26-17-15-25(16-18-26)31-20-8-6-4-2/h10-19,21H,3-9,20H2,1-2H3. The average molecular weight is 432 g/mol. The van der Waals surface area contributed by atoms with Crippen LogP contribution in [-0.4, -0.2) is 17.6 Å². The molecular formula is C28H33NO3. The molecule has 0 bridgehead atoms. The number of hydrogen-bond donors (Lipinski definition) is 0. The number of aryl methyl sites for hydroxylation is 1. The minimum atomic E-state index is -0.382. The summed E-state index contributed by atoms with van der Waals surface area (Å²) in [5.74, 6) is 0.904. The molecule has 1 heterocycles. The van der Waals surface area contributed by atoms with Gasteiger partial charge < -0.3 is 9.47 Å². The highest BCUT2D eigenvalue weighted by Gasteiger charge is 2.10. The second kappa shape index (κ2) is 12.7. The van der Waals surface area contributed by atoms with Gasteiger partial charge in [-0.2, -0.15) is 0 Å². The van der Waals surface area contributed by atoms with Crippen LogP contribution in [0.15, 0.2) is 66.9 Å². The van der Waals surface area contributed by atoms with Crippen LogP contribution in [0.4, 0.5) is 0 Å². The largest absolute Gasteiger partial charge is 0.494 e. The molecule has 0 aliphatic carbocycles. The second-order valence-corrected chi connectivity index (χ2v) is 8.00. The molecular weight excluding hydrogens is 398 g/mol. The summed E-state index contributed by atoms with van der Waals surface area (Å²) < 4.78 is 11.2. The van der Waals surface area contributed by atoms with Gasteiger partial charge >= 0.3 is 5.97 Å². The maximum atomic E-state index is 12.5. The van der Waals surface area contributed by atoms with Gasteiger partial charge in [-0.1, -0.05) is 57.7 Å². The van der Waals surface area contributed by atoms with Gasteiger partial charge in [-0.15, -0.1) is 0 Å². The van der Waals surface area contributed by atoms with Crippen molar-refractivity contribution in [2.75, 3.05) is 6.61 Å². The number of pyridine rings is 1. The third-order valence-corrected chi connectivity index (χ3v) is 5.36. The van der Waals surface area contributed by atoms with Gasteiger partial charge in [0, 0.05) is 11.8 Å². The third-order valence-electron chi connectivity index (χ3n) is 5.36. The van der Waals surface area contributed by atoms with Gasteiger partial charge in [0.25, 0.3) is 0 Å². The zero-order chi connectivity index (χ0) is 22.6. The van der Waals surface area contributed by atoms with E-state index in [2.05, 4.69) is 24.9 Å². The van der Waals surface area contributed by atoms with Crippen LogP contribution in [0.1, 0.15) is 68.3 Å². The molecule has 3 aromatic rings. The number of carbonyl (C=O) groups is 1. The Morgan fingerprint density at radius 3 is 2.12 bits per heavy atom. The highest BCUT2D eigenvalue weighted by Crippen LogP contribution is 2.21. The van der Waals surface area contributed by atoms with Crippen LogP contribution in [-0.2, 0) is 6.42 Å². The van der Waals surface area contributed by atoms with Crippen LogP contribution in [0.2, 0.25) is 0 Å². The van der Waals surface area contributed by atoms with Crippen LogP contribution < -0.4 is 9.47 Å². The molecule has 0 aliphatic heterocycles. The molecule has 0 spiro atoms. The summed E-state index contributed by atoms with van der Waals surface area (Å²) in [7, 11) is 0. The lowest BCUT2D eigenvalue weighted by atomic mass is 10.1. The van der Waals surface area contributed by atoms with E-state index < -0.39 is 0 Å². The molecule has 0 amide bonds. The highest BCUT2D eigenvalue weighted by atomic mass is 16.5. The summed E-state index contributed by atoms with van der Waals surface area (Å²) in [6.07, 6.45) is 10.1. The Bertz CT molecular complexity index is 947. The van der Waals surface area contributed by atoms with E-state index in [1.165, 1.54) is 31.2 Å². The van der Waals surface area contributed by atoms with Crippen molar-refractivity contribution in [3.8, 4) is 22.8 Å². The lowest BCUT2D eigenvalue weighted by Crippen LogP contribution is -2.08. The first-order chi connectivity index (χ1) is 15.7. The van der Waals surface area contributed by atoms with Gasteiger partial charge in [-0.3, -0.25) is 4.98 Å². The smallest absolute Gasteiger partial charge is 0.343 e. The van der Waals surface area contributed by atoms with Crippen LogP contribution in [0.3, 0.4) is 0 Å². The third kappa shape index (κ3) is 7.23. The monoisotopic (exact) mass is 431 g/mol. The quantitative estimate of drug-likeness (QED) is 0.172. The zero-order valence-electron chi connectivity index (χ0n) is 19.2. The zero-order valence-corrected chi connectivity index (χ0v) is 19.2. The van der Waals surface area contributed by atoms with E-state index in [0.717, 1.165) is 36.3 Å². The SMILES string of the molecule is CCCCCOc1ccc(OC(=O)c2ccc(-c3ccc(CCCCC)cn3)cc2)cc1. The Morgan fingerprint density at radius 1 is 0.781 bits per heavy atom. The Hall–Kier alpha value is -3.14. The van der Waals surface area contributed by atoms with Crippen LogP contribution in [0.5, 0.6) is 11.5 Å². The van der Waals surface area contributed by atoms with E-state index in [-0.39, 0.29) is 5.97 Å². The molecule has 168 valence electrons. The predicted octanol–water partition coefficient (Wildman–Crippen LogP) is 7.27. The fraction of sp³-hybridized carbons (Fsp3) is 0.357. The molecule has 3 rings (SSSR count). The summed E-state index contributed by atoms with van der Waals surface area (Å²) in [5, 5.41) is 0. The summed E-state index contributed by atoms with van der Waals surface area (Å²) in [4.78, 5) is 17.1. The highest BCUT2D eigenvalue weighted by molar-refractivity contribution is 5.91. The van der Waals surface area contributed by atoms with Crippen LogP contribution in [0, 0.1) is 0 Å². The summed E-state index contributed by atoms with van der Waals surface area (Å²) >= 11 is 0. The first-order valence-electron chi connectivity index (χ1n) is 11.7. The fourth-order valence-corrected chi connectivity index (χ4v) is 3.41. The molecule has 4 heteroatoms. The van der Waals surface area contributed by atoms with E-state index in [1.54, 1.807) is 24.3 Å². The molecule has 0 radical (unpaired) electrons. The number of unbranched alkanes of at least 4 members (excludes halogenated alkanes) is 4. The molecule has 0 aliphatic rings. The first kappa shape index (κ1) is 23.5. The number of ether oxygens (including phenoxy) is 2. The minimum Gasteiger partial charge on any atom is -0.494 e. The van der Waals surface area contributed by atoms with E-state index in [1.807, 2.05) is 36.5 Å². The maximum absolute atomic E-state index is 12.5. The number of nitrogens with zero attached hydrogens (tertiary/aromatic N) is 1. The normalized spacial score (nSPS) is 10.7. The lowest BCUT2D eigenvalue weighted by molar-refractivity contribution is 0.0734. The van der Waals surface area contributed by atoms with E-state index >= 15 is 0 Å². The lowest BCUT2D eigenvalue weighted by Gasteiger charge is -2.08. The Morgan fingerprint density at radius 2 is 1.47 bits per heavy atom. The van der Waals surface area contributed by atoms with Crippen molar-refractivity contribution in [3.05, 3.63) is 78.0 Å². The molecule has 0 fully saturated rings. The number of rotatable bonds is 12.